The van der Waals surface area contributed by atoms with Crippen LogP contribution in [-0.4, -0.2) is 0 Å². The minimum atomic E-state index is -0.296. The summed E-state index contributed by atoms with van der Waals surface area (Å²) in [6.45, 7) is 7.20. The Bertz CT molecular complexity index is 3250. The van der Waals surface area contributed by atoms with E-state index < -0.39 is 0 Å². The van der Waals surface area contributed by atoms with Crippen LogP contribution in [0.1, 0.15) is 92.2 Å². The van der Waals surface area contributed by atoms with Gasteiger partial charge in [0.25, 0.3) is 0 Å². The molecule has 1 saturated carbocycles. The maximum absolute atomic E-state index is 2.57. The van der Waals surface area contributed by atoms with Crippen LogP contribution in [0.4, 0.5) is 17.1 Å². The summed E-state index contributed by atoms with van der Waals surface area (Å²) in [5.41, 5.74) is 21.6. The molecule has 3 aliphatic carbocycles. The molecule has 0 heterocycles. The van der Waals surface area contributed by atoms with E-state index in [1.807, 2.05) is 0 Å². The number of hydrogen-bond donors (Lipinski definition) is 0. The molecule has 1 fully saturated rings. The minimum absolute atomic E-state index is 0.145. The molecule has 0 aromatic heterocycles. The van der Waals surface area contributed by atoms with Crippen molar-refractivity contribution in [2.24, 2.45) is 0 Å². The Morgan fingerprint density at radius 3 is 1.73 bits per heavy atom. The van der Waals surface area contributed by atoms with Gasteiger partial charge in [0.05, 0.1) is 11.4 Å². The van der Waals surface area contributed by atoms with E-state index >= 15 is 0 Å². The maximum atomic E-state index is 2.57. The Kier molecular flexibility index (Phi) is 9.13. The van der Waals surface area contributed by atoms with Crippen molar-refractivity contribution in [3.63, 3.8) is 0 Å². The van der Waals surface area contributed by atoms with Crippen molar-refractivity contribution in [1.29, 1.82) is 0 Å². The monoisotopic (exact) mass is 823 g/mol. The predicted molar refractivity (Wildman–Crippen MR) is 270 cm³/mol. The van der Waals surface area contributed by atoms with Crippen LogP contribution in [-0.2, 0) is 10.8 Å². The summed E-state index contributed by atoms with van der Waals surface area (Å²) in [6, 6.07) is 75.8. The third-order valence-corrected chi connectivity index (χ3v) is 15.4. The van der Waals surface area contributed by atoms with Gasteiger partial charge in [-0.3, -0.25) is 0 Å². The van der Waals surface area contributed by atoms with Crippen molar-refractivity contribution in [2.75, 3.05) is 4.90 Å². The molecule has 310 valence electrons. The third kappa shape index (κ3) is 5.90. The molecule has 1 atom stereocenters. The molecule has 9 aromatic rings. The van der Waals surface area contributed by atoms with E-state index in [4.69, 9.17) is 0 Å². The Morgan fingerprint density at radius 1 is 0.406 bits per heavy atom. The second-order valence-electron chi connectivity index (χ2n) is 19.2. The van der Waals surface area contributed by atoms with Crippen molar-refractivity contribution in [2.45, 2.75) is 69.6 Å². The van der Waals surface area contributed by atoms with Gasteiger partial charge in [-0.25, -0.2) is 0 Å². The third-order valence-electron chi connectivity index (χ3n) is 15.4. The van der Waals surface area contributed by atoms with Crippen LogP contribution in [0.25, 0.3) is 55.3 Å². The topological polar surface area (TPSA) is 3.24 Å². The van der Waals surface area contributed by atoms with E-state index in [1.165, 1.54) is 126 Å². The van der Waals surface area contributed by atoms with Crippen LogP contribution in [0.5, 0.6) is 0 Å². The maximum Gasteiger partial charge on any atom is 0.0540 e. The van der Waals surface area contributed by atoms with Crippen LogP contribution in [0.2, 0.25) is 0 Å². The van der Waals surface area contributed by atoms with Crippen molar-refractivity contribution >= 4 is 27.8 Å². The van der Waals surface area contributed by atoms with Gasteiger partial charge in [0.2, 0.25) is 0 Å². The second-order valence-corrected chi connectivity index (χ2v) is 19.2. The van der Waals surface area contributed by atoms with E-state index in [-0.39, 0.29) is 10.8 Å². The highest BCUT2D eigenvalue weighted by atomic mass is 15.1. The van der Waals surface area contributed by atoms with Crippen LogP contribution >= 0.6 is 0 Å². The first kappa shape index (κ1) is 38.7. The number of nitrogens with zero attached hydrogens (tertiary/aromatic N) is 1. The number of rotatable bonds is 7. The summed E-state index contributed by atoms with van der Waals surface area (Å²) in [6.07, 6.45) is 6.48. The molecule has 12 rings (SSSR count). The zero-order chi connectivity index (χ0) is 43.0. The predicted octanol–water partition coefficient (Wildman–Crippen LogP) is 17.3. The van der Waals surface area contributed by atoms with E-state index in [0.29, 0.717) is 5.92 Å². The molecule has 0 amide bonds. The molecule has 64 heavy (non-hydrogen) atoms. The first-order valence-electron chi connectivity index (χ1n) is 23.5. The number of fused-ring (bicyclic) bond motifs is 7. The molecular weight excluding hydrogens is 771 g/mol. The van der Waals surface area contributed by atoms with E-state index in [9.17, 15) is 0 Å². The van der Waals surface area contributed by atoms with E-state index in [0.717, 1.165) is 11.4 Å². The summed E-state index contributed by atoms with van der Waals surface area (Å²) >= 11 is 0. The number of benzene rings is 9. The van der Waals surface area contributed by atoms with E-state index in [1.54, 1.807) is 0 Å². The summed E-state index contributed by atoms with van der Waals surface area (Å²) in [7, 11) is 0. The van der Waals surface area contributed by atoms with E-state index in [2.05, 4.69) is 226 Å². The molecule has 1 heteroatoms. The van der Waals surface area contributed by atoms with Gasteiger partial charge >= 0.3 is 0 Å². The molecule has 0 bridgehead atoms. The van der Waals surface area contributed by atoms with Gasteiger partial charge in [0.15, 0.2) is 0 Å². The average Bonchev–Trinajstić information content (AvgIpc) is 3.75. The molecule has 3 aliphatic rings. The molecule has 0 radical (unpaired) electrons. The highest BCUT2D eigenvalue weighted by molar-refractivity contribution is 6.04. The zero-order valence-corrected chi connectivity index (χ0v) is 37.1. The summed E-state index contributed by atoms with van der Waals surface area (Å²) in [5, 5.41) is 2.72. The summed E-state index contributed by atoms with van der Waals surface area (Å²) in [5.74, 6) is 0.579. The van der Waals surface area contributed by atoms with Crippen LogP contribution in [0, 0.1) is 0 Å². The van der Waals surface area contributed by atoms with Crippen molar-refractivity contribution in [1.82, 2.24) is 0 Å². The minimum Gasteiger partial charge on any atom is -0.309 e. The van der Waals surface area contributed by atoms with Gasteiger partial charge in [0.1, 0.15) is 0 Å². The van der Waals surface area contributed by atoms with Gasteiger partial charge in [-0.15, -0.1) is 0 Å². The Morgan fingerprint density at radius 2 is 0.969 bits per heavy atom. The lowest BCUT2D eigenvalue weighted by molar-refractivity contribution is 0.445. The molecule has 1 unspecified atom stereocenters. The highest BCUT2D eigenvalue weighted by Gasteiger charge is 2.41. The SMILES string of the molecule is CC1(C)c2ccccc2-c2ccc(N(c3ccccc3-c3ccc4c(c3)C(C)(c3ccccc3)c3ccccc3-4)c3ccccc3-c3cccc4cccc(C5CCCCC5)c34)cc21. The first-order valence-corrected chi connectivity index (χ1v) is 23.5. The molecule has 9 aromatic carbocycles. The highest BCUT2D eigenvalue weighted by Crippen LogP contribution is 2.56. The molecule has 0 saturated heterocycles. The lowest BCUT2D eigenvalue weighted by Gasteiger charge is -2.32. The van der Waals surface area contributed by atoms with Gasteiger partial charge in [-0.05, 0) is 134 Å². The molecule has 0 spiro atoms. The van der Waals surface area contributed by atoms with Gasteiger partial charge in [-0.1, -0.05) is 203 Å². The Labute approximate surface area is 378 Å². The Balaban J connectivity index is 1.09. The van der Waals surface area contributed by atoms with Crippen LogP contribution in [0.3, 0.4) is 0 Å². The fourth-order valence-corrected chi connectivity index (χ4v) is 12.1. The average molecular weight is 824 g/mol. The summed E-state index contributed by atoms with van der Waals surface area (Å²) in [4.78, 5) is 2.57. The second kappa shape index (κ2) is 15.1. The largest absolute Gasteiger partial charge is 0.309 e. The first-order chi connectivity index (χ1) is 31.4. The standard InChI is InChI=1S/C63H53N/c1-62(2)55-32-14-10-27-49(55)51-39-37-46(41-57(51)62)64(60-35-17-13-29-53(60)54-31-19-23-43-22-18-30-48(61(43)54)42-20-6-4-7-21-42)59-34-16-12-26-47(59)44-36-38-52-50-28-11-15-33-56(50)63(3,58(52)40-44)45-24-8-5-9-25-45/h5,8-19,22-42H,4,6-7,20-21H2,1-3H3. The van der Waals surface area contributed by atoms with Gasteiger partial charge < -0.3 is 4.90 Å². The number of hydrogen-bond acceptors (Lipinski definition) is 1. The van der Waals surface area contributed by atoms with Crippen molar-refractivity contribution < 1.29 is 0 Å². The molecule has 0 aliphatic heterocycles. The summed E-state index contributed by atoms with van der Waals surface area (Å²) < 4.78 is 0. The molecular formula is C63H53N. The lowest BCUT2D eigenvalue weighted by Crippen LogP contribution is -2.22. The lowest BCUT2D eigenvalue weighted by atomic mass is 9.74. The van der Waals surface area contributed by atoms with Crippen molar-refractivity contribution in [3.8, 4) is 44.5 Å². The Hall–Kier alpha value is -6.96. The molecule has 0 N–H and O–H groups in total. The number of para-hydroxylation sites is 2. The van der Waals surface area contributed by atoms with Crippen LogP contribution in [0.15, 0.2) is 200 Å². The molecule has 1 nitrogen and oxygen atoms in total. The zero-order valence-electron chi connectivity index (χ0n) is 37.1. The van der Waals surface area contributed by atoms with Gasteiger partial charge in [-0.2, -0.15) is 0 Å². The van der Waals surface area contributed by atoms with Crippen LogP contribution < -0.4 is 4.90 Å². The quantitative estimate of drug-likeness (QED) is 0.155. The fourth-order valence-electron chi connectivity index (χ4n) is 12.1. The van der Waals surface area contributed by atoms with Gasteiger partial charge in [0, 0.05) is 27.6 Å². The van der Waals surface area contributed by atoms with Crippen molar-refractivity contribution in [3.05, 3.63) is 234 Å². The smallest absolute Gasteiger partial charge is 0.0540 e. The number of anilines is 3. The normalized spacial score (nSPS) is 17.1. The fraction of sp³-hybridized carbons (Fsp3) is 0.175.